The summed E-state index contributed by atoms with van der Waals surface area (Å²) in [4.78, 5) is 27.9. The fourth-order valence-electron chi connectivity index (χ4n) is 2.80. The Bertz CT molecular complexity index is 956. The van der Waals surface area contributed by atoms with Crippen LogP contribution in [0.3, 0.4) is 0 Å². The quantitative estimate of drug-likeness (QED) is 0.603. The number of amides is 2. The highest BCUT2D eigenvalue weighted by molar-refractivity contribution is 8.04. The zero-order valence-corrected chi connectivity index (χ0v) is 17.3. The number of para-hydroxylation sites is 1. The van der Waals surface area contributed by atoms with Gasteiger partial charge < -0.3 is 4.74 Å². The van der Waals surface area contributed by atoms with Crippen molar-refractivity contribution in [2.24, 2.45) is 0 Å². The fourth-order valence-corrected chi connectivity index (χ4v) is 4.07. The lowest BCUT2D eigenvalue weighted by Crippen LogP contribution is -2.31. The predicted molar refractivity (Wildman–Crippen MR) is 112 cm³/mol. The summed E-state index contributed by atoms with van der Waals surface area (Å²) in [6, 6.07) is 11.8. The monoisotopic (exact) mass is 421 g/mol. The van der Waals surface area contributed by atoms with Crippen LogP contribution in [-0.4, -0.2) is 24.2 Å². The molecule has 0 radical (unpaired) electrons. The maximum atomic E-state index is 13.3. The third-order valence-corrected chi connectivity index (χ3v) is 5.76. The summed E-state index contributed by atoms with van der Waals surface area (Å²) in [6.07, 6.45) is 0. The number of rotatable bonds is 5. The van der Waals surface area contributed by atoms with Crippen molar-refractivity contribution in [2.45, 2.75) is 19.1 Å². The van der Waals surface area contributed by atoms with Crippen molar-refractivity contribution < 1.29 is 14.3 Å². The van der Waals surface area contributed by atoms with Crippen LogP contribution >= 0.6 is 35.0 Å². The number of thioether (sulfide) groups is 1. The van der Waals surface area contributed by atoms with Crippen molar-refractivity contribution in [2.75, 3.05) is 12.0 Å². The molecule has 3 rings (SSSR count). The first-order valence-electron chi connectivity index (χ1n) is 8.23. The Morgan fingerprint density at radius 1 is 1.00 bits per heavy atom. The average Bonchev–Trinajstić information content (AvgIpc) is 2.87. The topological polar surface area (TPSA) is 46.6 Å². The van der Waals surface area contributed by atoms with Crippen molar-refractivity contribution in [3.05, 3.63) is 63.0 Å². The minimum absolute atomic E-state index is 0.121. The lowest BCUT2D eigenvalue weighted by molar-refractivity contribution is -0.119. The number of imide groups is 1. The van der Waals surface area contributed by atoms with E-state index in [4.69, 9.17) is 27.9 Å². The Morgan fingerprint density at radius 2 is 1.70 bits per heavy atom. The first-order valence-corrected chi connectivity index (χ1v) is 9.86. The Hall–Kier alpha value is -1.95. The van der Waals surface area contributed by atoms with Crippen LogP contribution in [0.2, 0.25) is 10.0 Å². The molecule has 0 saturated heterocycles. The highest BCUT2D eigenvalue weighted by Gasteiger charge is 2.41. The minimum atomic E-state index is -0.411. The van der Waals surface area contributed by atoms with Crippen LogP contribution in [0.1, 0.15) is 19.4 Å². The van der Waals surface area contributed by atoms with E-state index < -0.39 is 5.91 Å². The Kier molecular flexibility index (Phi) is 5.84. The van der Waals surface area contributed by atoms with Crippen molar-refractivity contribution in [3.63, 3.8) is 0 Å². The van der Waals surface area contributed by atoms with Crippen LogP contribution in [0.15, 0.2) is 47.4 Å². The predicted octanol–water partition coefficient (Wildman–Crippen LogP) is 5.43. The van der Waals surface area contributed by atoms with E-state index in [2.05, 4.69) is 0 Å². The number of nitrogens with zero attached hydrogens (tertiary/aromatic N) is 1. The van der Waals surface area contributed by atoms with E-state index in [-0.39, 0.29) is 16.2 Å². The summed E-state index contributed by atoms with van der Waals surface area (Å²) in [5.41, 5.74) is 1.30. The molecule has 1 heterocycles. The van der Waals surface area contributed by atoms with E-state index in [0.29, 0.717) is 32.5 Å². The van der Waals surface area contributed by atoms with Crippen molar-refractivity contribution in [1.82, 2.24) is 0 Å². The molecule has 0 saturated carbocycles. The Morgan fingerprint density at radius 3 is 2.33 bits per heavy atom. The molecule has 0 aromatic heterocycles. The van der Waals surface area contributed by atoms with Gasteiger partial charge in [0.25, 0.3) is 11.8 Å². The molecule has 2 aromatic carbocycles. The molecule has 7 heteroatoms. The zero-order chi connectivity index (χ0) is 19.7. The van der Waals surface area contributed by atoms with Crippen LogP contribution in [0.4, 0.5) is 5.69 Å². The van der Waals surface area contributed by atoms with Crippen molar-refractivity contribution in [3.8, 4) is 5.75 Å². The maximum Gasteiger partial charge on any atom is 0.272 e. The van der Waals surface area contributed by atoms with Crippen LogP contribution in [0.25, 0.3) is 5.57 Å². The molecule has 0 N–H and O–H groups in total. The summed E-state index contributed by atoms with van der Waals surface area (Å²) < 4.78 is 5.41. The molecule has 140 valence electrons. The van der Waals surface area contributed by atoms with E-state index in [1.807, 2.05) is 26.0 Å². The highest BCUT2D eigenvalue weighted by Crippen LogP contribution is 2.43. The molecule has 27 heavy (non-hydrogen) atoms. The first kappa shape index (κ1) is 19.8. The van der Waals surface area contributed by atoms with Crippen molar-refractivity contribution in [1.29, 1.82) is 0 Å². The van der Waals surface area contributed by atoms with Gasteiger partial charge in [-0.2, -0.15) is 0 Å². The van der Waals surface area contributed by atoms with Gasteiger partial charge in [-0.25, -0.2) is 4.90 Å². The zero-order valence-electron chi connectivity index (χ0n) is 15.0. The Labute approximate surface area is 172 Å². The Balaban J connectivity index is 2.16. The molecule has 0 fully saturated rings. The van der Waals surface area contributed by atoms with Crippen LogP contribution in [0, 0.1) is 0 Å². The van der Waals surface area contributed by atoms with Gasteiger partial charge in [0.05, 0.1) is 33.3 Å². The number of anilines is 1. The number of carbonyl (C=O) groups excluding carboxylic acids is 2. The molecule has 1 aliphatic heterocycles. The van der Waals surface area contributed by atoms with E-state index in [9.17, 15) is 9.59 Å². The van der Waals surface area contributed by atoms with E-state index in [1.54, 1.807) is 24.3 Å². The molecule has 2 aromatic rings. The van der Waals surface area contributed by atoms with Gasteiger partial charge in [0, 0.05) is 10.8 Å². The summed E-state index contributed by atoms with van der Waals surface area (Å²) in [7, 11) is 1.53. The second kappa shape index (κ2) is 7.97. The smallest absolute Gasteiger partial charge is 0.272 e. The van der Waals surface area contributed by atoms with E-state index >= 15 is 0 Å². The molecule has 0 bridgehead atoms. The van der Waals surface area contributed by atoms with Crippen molar-refractivity contribution >= 4 is 58.0 Å². The van der Waals surface area contributed by atoms with Crippen LogP contribution < -0.4 is 9.64 Å². The molecule has 0 spiro atoms. The third kappa shape index (κ3) is 3.72. The molecule has 0 aliphatic carbocycles. The molecule has 1 aliphatic rings. The molecule has 4 nitrogen and oxygen atoms in total. The summed E-state index contributed by atoms with van der Waals surface area (Å²) in [5.74, 6) is -0.254. The number of benzene rings is 2. The SMILES string of the molecule is COc1ccccc1C1=C(SC(C)C)C(=O)N(c2ccc(Cl)c(Cl)c2)C1=O. The number of hydrogen-bond acceptors (Lipinski definition) is 4. The number of halogens is 2. The van der Waals surface area contributed by atoms with E-state index in [1.165, 1.54) is 24.9 Å². The molecule has 0 atom stereocenters. The summed E-state index contributed by atoms with van der Waals surface area (Å²) >= 11 is 13.4. The molecule has 2 amide bonds. The standard InChI is InChI=1S/C20H17Cl2NO3S/c1-11(2)27-18-17(13-6-4-5-7-16(13)26-3)19(24)23(20(18)25)12-8-9-14(21)15(22)10-12/h4-11H,1-3H3. The van der Waals surface area contributed by atoms with Gasteiger partial charge >= 0.3 is 0 Å². The largest absolute Gasteiger partial charge is 0.496 e. The lowest BCUT2D eigenvalue weighted by Gasteiger charge is -2.16. The molecular formula is C20H17Cl2NO3S. The average molecular weight is 422 g/mol. The second-order valence-electron chi connectivity index (χ2n) is 6.12. The lowest BCUT2D eigenvalue weighted by atomic mass is 10.0. The highest BCUT2D eigenvalue weighted by atomic mass is 35.5. The van der Waals surface area contributed by atoms with Gasteiger partial charge in [0.15, 0.2) is 0 Å². The maximum absolute atomic E-state index is 13.3. The van der Waals surface area contributed by atoms with E-state index in [0.717, 1.165) is 4.90 Å². The van der Waals surface area contributed by atoms with Gasteiger partial charge in [0.2, 0.25) is 0 Å². The minimum Gasteiger partial charge on any atom is -0.496 e. The number of ether oxygens (including phenoxy) is 1. The summed E-state index contributed by atoms with van der Waals surface area (Å²) in [5, 5.41) is 0.753. The van der Waals surface area contributed by atoms with Gasteiger partial charge in [-0.15, -0.1) is 11.8 Å². The number of hydrogen-bond donors (Lipinski definition) is 0. The van der Waals surface area contributed by atoms with Crippen LogP contribution in [-0.2, 0) is 9.59 Å². The van der Waals surface area contributed by atoms with Gasteiger partial charge in [-0.3, -0.25) is 9.59 Å². The van der Waals surface area contributed by atoms with Gasteiger partial charge in [0.1, 0.15) is 5.75 Å². The van der Waals surface area contributed by atoms with Gasteiger partial charge in [-0.05, 0) is 24.3 Å². The van der Waals surface area contributed by atoms with Crippen LogP contribution in [0.5, 0.6) is 5.75 Å². The first-order chi connectivity index (χ1) is 12.8. The number of methoxy groups -OCH3 is 1. The fraction of sp³-hybridized carbons (Fsp3) is 0.200. The third-order valence-electron chi connectivity index (χ3n) is 3.93. The summed E-state index contributed by atoms with van der Waals surface area (Å²) in [6.45, 7) is 3.94. The van der Waals surface area contributed by atoms with Gasteiger partial charge in [-0.1, -0.05) is 55.2 Å². The second-order valence-corrected chi connectivity index (χ2v) is 8.52. The molecule has 0 unspecified atom stereocenters. The molecular weight excluding hydrogens is 405 g/mol. The number of carbonyl (C=O) groups is 2. The normalized spacial score (nSPS) is 14.5.